The number of alkyl halides is 7. The molecule has 0 aromatic carbocycles. The van der Waals surface area contributed by atoms with Crippen molar-refractivity contribution in [1.29, 1.82) is 0 Å². The molecule has 0 saturated carbocycles. The van der Waals surface area contributed by atoms with Crippen LogP contribution in [0.4, 0.5) is 30.2 Å². The third-order valence-corrected chi connectivity index (χ3v) is 2.57. The topological polar surface area (TPSA) is 43.4 Å². The Balaban J connectivity index is 5.21. The lowest BCUT2D eigenvalue weighted by Gasteiger charge is -2.27. The molecular formula is C3F7IO3S. The van der Waals surface area contributed by atoms with Crippen molar-refractivity contribution >= 4 is 33.1 Å². The van der Waals surface area contributed by atoms with Gasteiger partial charge in [-0.3, -0.25) is 0 Å². The van der Waals surface area contributed by atoms with E-state index >= 15 is 0 Å². The summed E-state index contributed by atoms with van der Waals surface area (Å²) in [7, 11) is -6.42. The molecule has 0 spiro atoms. The van der Waals surface area contributed by atoms with Gasteiger partial charge in [-0.15, -0.1) is 0 Å². The van der Waals surface area contributed by atoms with Gasteiger partial charge < -0.3 is 0 Å². The molecule has 0 N–H and O–H groups in total. The first kappa shape index (κ1) is 15.2. The zero-order chi connectivity index (χ0) is 12.7. The molecule has 0 heterocycles. The molecular weight excluding hydrogens is 376 g/mol. The van der Waals surface area contributed by atoms with E-state index in [0.717, 1.165) is 0 Å². The molecule has 0 aliphatic rings. The fraction of sp³-hybridized carbons (Fsp3) is 1.00. The predicted molar refractivity (Wildman–Crippen MR) is 40.0 cm³/mol. The van der Waals surface area contributed by atoms with Crippen LogP contribution in [0, 0.1) is 0 Å². The highest BCUT2D eigenvalue weighted by Crippen LogP contribution is 2.51. The summed E-state index contributed by atoms with van der Waals surface area (Å²) >= 11 is -0.433. The number of hydrogen-bond acceptors (Lipinski definition) is 3. The van der Waals surface area contributed by atoms with Crippen LogP contribution in [-0.4, -0.2) is 24.4 Å². The molecule has 0 saturated heterocycles. The van der Waals surface area contributed by atoms with Crippen LogP contribution in [-0.2, 0) is 14.7 Å². The Kier molecular flexibility index (Phi) is 3.91. The van der Waals surface area contributed by atoms with E-state index in [1.807, 2.05) is 0 Å². The van der Waals surface area contributed by atoms with Gasteiger partial charge >= 0.3 is 26.5 Å². The van der Waals surface area contributed by atoms with E-state index in [1.165, 1.54) is 0 Å². The second kappa shape index (κ2) is 3.87. The monoisotopic (exact) mass is 376 g/mol. The van der Waals surface area contributed by atoms with E-state index in [4.69, 9.17) is 0 Å². The highest BCUT2D eigenvalue weighted by molar-refractivity contribution is 14.1. The van der Waals surface area contributed by atoms with E-state index in [2.05, 4.69) is 4.18 Å². The fourth-order valence-electron chi connectivity index (χ4n) is 0.342. The van der Waals surface area contributed by atoms with Gasteiger partial charge in [-0.25, -0.2) is 4.39 Å². The molecule has 0 rings (SSSR count). The summed E-state index contributed by atoms with van der Waals surface area (Å²) in [5.74, 6) is 0. The minimum absolute atomic E-state index is 0.433. The molecule has 12 heteroatoms. The summed E-state index contributed by atoms with van der Waals surface area (Å²) in [4.78, 5) is 0. The van der Waals surface area contributed by atoms with Gasteiger partial charge in [0, 0.05) is 0 Å². The molecule has 0 aliphatic carbocycles. The zero-order valence-corrected chi connectivity index (χ0v) is 9.13. The van der Waals surface area contributed by atoms with Crippen LogP contribution in [0.1, 0.15) is 0 Å². The molecule has 0 amide bonds. The average Bonchev–Trinajstić information content (AvgIpc) is 1.77. The highest BCUT2D eigenvalue weighted by Gasteiger charge is 2.73. The summed E-state index contributed by atoms with van der Waals surface area (Å²) in [5.41, 5.74) is 0. The van der Waals surface area contributed by atoms with E-state index < -0.39 is 49.1 Å². The maximum absolute atomic E-state index is 12.5. The van der Waals surface area contributed by atoms with Crippen LogP contribution in [0.15, 0.2) is 0 Å². The van der Waals surface area contributed by atoms with Gasteiger partial charge in [0.15, 0.2) is 0 Å². The van der Waals surface area contributed by atoms with Gasteiger partial charge in [-0.05, 0) is 22.6 Å². The standard InChI is InChI=1S/C3F7IO3S/c4-1(11,2(5,6)7)3(8,9)14-15(10,12)13. The summed E-state index contributed by atoms with van der Waals surface area (Å²) in [5, 5.41) is 0. The Labute approximate surface area is 92.1 Å². The van der Waals surface area contributed by atoms with Gasteiger partial charge in [0.05, 0.1) is 0 Å². The third kappa shape index (κ3) is 3.58. The average molecular weight is 376 g/mol. The third-order valence-electron chi connectivity index (χ3n) is 0.926. The quantitative estimate of drug-likeness (QED) is 0.329. The van der Waals surface area contributed by atoms with Gasteiger partial charge in [0.1, 0.15) is 0 Å². The summed E-state index contributed by atoms with van der Waals surface area (Å²) < 4.78 is 99.2. The molecule has 0 aliphatic heterocycles. The fourth-order valence-corrected chi connectivity index (χ4v) is 0.967. The lowest BCUT2D eigenvalue weighted by molar-refractivity contribution is -0.312. The predicted octanol–water partition coefficient (Wildman–Crippen LogP) is 2.47. The van der Waals surface area contributed by atoms with Crippen molar-refractivity contribution in [2.24, 2.45) is 0 Å². The summed E-state index contributed by atoms with van der Waals surface area (Å²) in [6.45, 7) is 0. The SMILES string of the molecule is O=S(=O)(F)OC(F)(F)C(F)(I)C(F)(F)F. The van der Waals surface area contributed by atoms with Crippen molar-refractivity contribution in [2.45, 2.75) is 16.0 Å². The van der Waals surface area contributed by atoms with Crippen molar-refractivity contribution in [3.63, 3.8) is 0 Å². The maximum Gasteiger partial charge on any atom is 0.442 e. The molecule has 0 aromatic rings. The Hall–Kier alpha value is 0.150. The van der Waals surface area contributed by atoms with Crippen LogP contribution >= 0.6 is 22.6 Å². The second-order valence-corrected chi connectivity index (χ2v) is 4.50. The van der Waals surface area contributed by atoms with Crippen LogP contribution < -0.4 is 0 Å². The van der Waals surface area contributed by atoms with Crippen molar-refractivity contribution in [1.82, 2.24) is 0 Å². The molecule has 3 nitrogen and oxygen atoms in total. The Morgan fingerprint density at radius 3 is 1.53 bits per heavy atom. The zero-order valence-electron chi connectivity index (χ0n) is 6.16. The van der Waals surface area contributed by atoms with E-state index in [0.29, 0.717) is 0 Å². The molecule has 15 heavy (non-hydrogen) atoms. The molecule has 1 atom stereocenters. The highest BCUT2D eigenvalue weighted by atomic mass is 127. The molecule has 0 fully saturated rings. The smallest absolute Gasteiger partial charge is 0.212 e. The van der Waals surface area contributed by atoms with Crippen molar-refractivity contribution in [3.8, 4) is 0 Å². The van der Waals surface area contributed by atoms with Crippen LogP contribution in [0.25, 0.3) is 0 Å². The van der Waals surface area contributed by atoms with Crippen LogP contribution in [0.5, 0.6) is 0 Å². The van der Waals surface area contributed by atoms with Crippen LogP contribution in [0.3, 0.4) is 0 Å². The lowest BCUT2D eigenvalue weighted by atomic mass is 10.3. The van der Waals surface area contributed by atoms with E-state index in [-0.39, 0.29) is 0 Å². The Morgan fingerprint density at radius 2 is 1.33 bits per heavy atom. The molecule has 0 aromatic heterocycles. The van der Waals surface area contributed by atoms with Gasteiger partial charge in [-0.1, -0.05) is 3.89 Å². The summed E-state index contributed by atoms with van der Waals surface area (Å²) in [6, 6.07) is 0. The lowest BCUT2D eigenvalue weighted by Crippen LogP contribution is -2.52. The molecule has 0 radical (unpaired) electrons. The maximum atomic E-state index is 12.5. The second-order valence-electron chi connectivity index (χ2n) is 2.07. The van der Waals surface area contributed by atoms with Crippen molar-refractivity contribution in [2.75, 3.05) is 0 Å². The molecule has 0 bridgehead atoms. The number of halogens is 8. The minimum Gasteiger partial charge on any atom is -0.212 e. The van der Waals surface area contributed by atoms with E-state index in [9.17, 15) is 38.6 Å². The first-order valence-corrected chi connectivity index (χ1v) is 5.07. The van der Waals surface area contributed by atoms with Crippen molar-refractivity contribution < 1.29 is 42.8 Å². The number of rotatable bonds is 3. The summed E-state index contributed by atoms with van der Waals surface area (Å²) in [6.07, 6.45) is -12.0. The van der Waals surface area contributed by atoms with Gasteiger partial charge in [0.2, 0.25) is 0 Å². The Morgan fingerprint density at radius 1 is 1.00 bits per heavy atom. The molecule has 92 valence electrons. The Bertz CT molecular complexity index is 332. The largest absolute Gasteiger partial charge is 0.442 e. The van der Waals surface area contributed by atoms with E-state index in [1.54, 1.807) is 0 Å². The minimum atomic E-state index is -6.42. The first-order valence-electron chi connectivity index (χ1n) is 2.68. The molecule has 1 unspecified atom stereocenters. The van der Waals surface area contributed by atoms with Gasteiger partial charge in [-0.2, -0.15) is 34.6 Å². The number of hydrogen-bond donors (Lipinski definition) is 0. The normalized spacial score (nSPS) is 18.7. The first-order chi connectivity index (χ1) is 6.21. The van der Waals surface area contributed by atoms with Crippen LogP contribution in [0.2, 0.25) is 0 Å². The van der Waals surface area contributed by atoms with Crippen molar-refractivity contribution in [3.05, 3.63) is 0 Å². The van der Waals surface area contributed by atoms with Gasteiger partial charge in [0.25, 0.3) is 0 Å².